The van der Waals surface area contributed by atoms with Crippen LogP contribution in [0.1, 0.15) is 38.1 Å². The Kier molecular flexibility index (Phi) is 5.69. The molecule has 0 spiro atoms. The third-order valence-corrected chi connectivity index (χ3v) is 3.91. The van der Waals surface area contributed by atoms with Gasteiger partial charge in [-0.05, 0) is 31.9 Å². The van der Waals surface area contributed by atoms with Gasteiger partial charge in [-0.25, -0.2) is 0 Å². The number of rotatable bonds is 6. The lowest BCUT2D eigenvalue weighted by molar-refractivity contribution is -0.138. The van der Waals surface area contributed by atoms with E-state index in [-0.39, 0.29) is 11.7 Å². The number of hydrogen-bond donors (Lipinski definition) is 2. The van der Waals surface area contributed by atoms with Crippen LogP contribution in [0.4, 0.5) is 0 Å². The van der Waals surface area contributed by atoms with Crippen molar-refractivity contribution in [1.29, 1.82) is 0 Å². The molecule has 0 atom stereocenters. The van der Waals surface area contributed by atoms with Gasteiger partial charge in [-0.3, -0.25) is 9.78 Å². The van der Waals surface area contributed by atoms with Crippen molar-refractivity contribution in [2.45, 2.75) is 40.2 Å². The molecule has 3 N–H and O–H groups in total. The summed E-state index contributed by atoms with van der Waals surface area (Å²) in [6.07, 6.45) is 0.952. The van der Waals surface area contributed by atoms with E-state index in [9.17, 15) is 4.79 Å². The van der Waals surface area contributed by atoms with Crippen LogP contribution in [0.3, 0.4) is 0 Å². The Balaban J connectivity index is 2.99. The molecular weight excluding hydrogens is 268 g/mol. The first-order valence-electron chi connectivity index (χ1n) is 7.07. The minimum atomic E-state index is -0.965. The van der Waals surface area contributed by atoms with Crippen LogP contribution in [0, 0.1) is 12.3 Å². The van der Waals surface area contributed by atoms with Gasteiger partial charge >= 0.3 is 0 Å². The summed E-state index contributed by atoms with van der Waals surface area (Å²) in [6, 6.07) is 5.69. The first kappa shape index (κ1) is 16.9. The Hall–Kier alpha value is -2.11. The van der Waals surface area contributed by atoms with Gasteiger partial charge in [0.05, 0.1) is 12.2 Å². The molecule has 0 aliphatic rings. The fourth-order valence-corrected chi connectivity index (χ4v) is 2.49. The van der Waals surface area contributed by atoms with Crippen molar-refractivity contribution in [2.75, 3.05) is 7.05 Å². The van der Waals surface area contributed by atoms with E-state index in [0.29, 0.717) is 19.4 Å². The summed E-state index contributed by atoms with van der Waals surface area (Å²) in [4.78, 5) is 18.7. The summed E-state index contributed by atoms with van der Waals surface area (Å²) in [5.41, 5.74) is 6.52. The SMILES string of the molecule is CCC(CC)(C(=O)N(C)Cc1cccc(C)n1)/C(N)=N/O. The molecule has 6 heteroatoms. The number of hydrogen-bond acceptors (Lipinski definition) is 4. The van der Waals surface area contributed by atoms with Crippen molar-refractivity contribution in [1.82, 2.24) is 9.88 Å². The summed E-state index contributed by atoms with van der Waals surface area (Å²) in [6.45, 7) is 6.02. The first-order valence-corrected chi connectivity index (χ1v) is 7.07. The third kappa shape index (κ3) is 3.51. The molecule has 0 unspecified atom stereocenters. The van der Waals surface area contributed by atoms with E-state index in [1.165, 1.54) is 0 Å². The number of amides is 1. The van der Waals surface area contributed by atoms with Gasteiger partial charge in [0.25, 0.3) is 0 Å². The molecule has 21 heavy (non-hydrogen) atoms. The smallest absolute Gasteiger partial charge is 0.236 e. The number of nitrogens with two attached hydrogens (primary N) is 1. The molecular formula is C15H24N4O2. The predicted molar refractivity (Wildman–Crippen MR) is 81.9 cm³/mol. The third-order valence-electron chi connectivity index (χ3n) is 3.91. The van der Waals surface area contributed by atoms with Crippen LogP contribution in [0.5, 0.6) is 0 Å². The van der Waals surface area contributed by atoms with Gasteiger partial charge in [-0.2, -0.15) is 0 Å². The lowest BCUT2D eigenvalue weighted by Crippen LogP contribution is -2.49. The van der Waals surface area contributed by atoms with E-state index < -0.39 is 5.41 Å². The van der Waals surface area contributed by atoms with Gasteiger partial charge in [0, 0.05) is 12.7 Å². The molecule has 0 fully saturated rings. The molecule has 1 amide bonds. The van der Waals surface area contributed by atoms with Gasteiger partial charge in [0.15, 0.2) is 5.84 Å². The second-order valence-electron chi connectivity index (χ2n) is 5.21. The normalized spacial score (nSPS) is 12.3. The van der Waals surface area contributed by atoms with Gasteiger partial charge in [0.2, 0.25) is 5.91 Å². The lowest BCUT2D eigenvalue weighted by atomic mass is 9.79. The van der Waals surface area contributed by atoms with Gasteiger partial charge < -0.3 is 15.8 Å². The molecule has 0 saturated carbocycles. The van der Waals surface area contributed by atoms with Crippen molar-refractivity contribution in [3.8, 4) is 0 Å². The Labute approximate surface area is 125 Å². The number of pyridine rings is 1. The standard InChI is InChI=1S/C15H24N4O2/c1-5-15(6-2,13(16)18-21)14(20)19(4)10-12-9-7-8-11(3)17-12/h7-9,21H,5-6,10H2,1-4H3,(H2,16,18). The minimum Gasteiger partial charge on any atom is -0.409 e. The molecule has 1 heterocycles. The van der Waals surface area contributed by atoms with E-state index >= 15 is 0 Å². The molecule has 0 radical (unpaired) electrons. The zero-order valence-electron chi connectivity index (χ0n) is 13.1. The van der Waals surface area contributed by atoms with Crippen LogP contribution in [0.15, 0.2) is 23.4 Å². The monoisotopic (exact) mass is 292 g/mol. The topological polar surface area (TPSA) is 91.8 Å². The predicted octanol–water partition coefficient (Wildman–Crippen LogP) is 1.90. The summed E-state index contributed by atoms with van der Waals surface area (Å²) in [5, 5.41) is 12.0. The molecule has 0 aliphatic heterocycles. The lowest BCUT2D eigenvalue weighted by Gasteiger charge is -2.33. The largest absolute Gasteiger partial charge is 0.409 e. The molecule has 0 bridgehead atoms. The van der Waals surface area contributed by atoms with Crippen LogP contribution in [0.2, 0.25) is 0 Å². The first-order chi connectivity index (χ1) is 9.91. The Morgan fingerprint density at radius 3 is 2.52 bits per heavy atom. The fourth-order valence-electron chi connectivity index (χ4n) is 2.49. The maximum Gasteiger partial charge on any atom is 0.236 e. The van der Waals surface area contributed by atoms with Crippen molar-refractivity contribution in [2.24, 2.45) is 16.3 Å². The van der Waals surface area contributed by atoms with Gasteiger partial charge in [-0.15, -0.1) is 0 Å². The highest BCUT2D eigenvalue weighted by Crippen LogP contribution is 2.29. The Bertz CT molecular complexity index is 524. The molecule has 0 aromatic carbocycles. The molecule has 0 aliphatic carbocycles. The second-order valence-corrected chi connectivity index (χ2v) is 5.21. The second kappa shape index (κ2) is 7.06. The van der Waals surface area contributed by atoms with Crippen molar-refractivity contribution < 1.29 is 10.0 Å². The number of nitrogens with zero attached hydrogens (tertiary/aromatic N) is 3. The summed E-state index contributed by atoms with van der Waals surface area (Å²) < 4.78 is 0. The van der Waals surface area contributed by atoms with Gasteiger partial charge in [-0.1, -0.05) is 25.1 Å². The van der Waals surface area contributed by atoms with Crippen LogP contribution in [-0.2, 0) is 11.3 Å². The van der Waals surface area contributed by atoms with E-state index in [2.05, 4.69) is 10.1 Å². The van der Waals surface area contributed by atoms with Crippen molar-refractivity contribution in [3.05, 3.63) is 29.6 Å². The quantitative estimate of drug-likeness (QED) is 0.362. The zero-order valence-corrected chi connectivity index (χ0v) is 13.1. The maximum absolute atomic E-state index is 12.7. The molecule has 0 saturated heterocycles. The van der Waals surface area contributed by atoms with E-state index in [0.717, 1.165) is 11.4 Å². The highest BCUT2D eigenvalue weighted by atomic mass is 16.4. The maximum atomic E-state index is 12.7. The number of aromatic nitrogens is 1. The highest BCUT2D eigenvalue weighted by Gasteiger charge is 2.41. The average Bonchev–Trinajstić information content (AvgIpc) is 2.48. The highest BCUT2D eigenvalue weighted by molar-refractivity contribution is 6.06. The zero-order chi connectivity index (χ0) is 16.0. The average molecular weight is 292 g/mol. The fraction of sp³-hybridized carbons (Fsp3) is 0.533. The van der Waals surface area contributed by atoms with Crippen LogP contribution in [-0.4, -0.2) is 33.9 Å². The molecule has 1 aromatic heterocycles. The minimum absolute atomic E-state index is 0.0402. The van der Waals surface area contributed by atoms with E-state index in [1.54, 1.807) is 11.9 Å². The summed E-state index contributed by atoms with van der Waals surface area (Å²) >= 11 is 0. The molecule has 116 valence electrons. The Morgan fingerprint density at radius 2 is 2.05 bits per heavy atom. The summed E-state index contributed by atoms with van der Waals surface area (Å²) in [5.74, 6) is -0.201. The number of oxime groups is 1. The van der Waals surface area contributed by atoms with Gasteiger partial charge in [0.1, 0.15) is 5.41 Å². The number of carbonyl (C=O) groups is 1. The molecule has 1 aromatic rings. The van der Waals surface area contributed by atoms with E-state index in [4.69, 9.17) is 10.9 Å². The molecule has 6 nitrogen and oxygen atoms in total. The summed E-state index contributed by atoms with van der Waals surface area (Å²) in [7, 11) is 1.71. The van der Waals surface area contributed by atoms with Crippen LogP contribution < -0.4 is 5.73 Å². The van der Waals surface area contributed by atoms with Crippen LogP contribution in [0.25, 0.3) is 0 Å². The Morgan fingerprint density at radius 1 is 1.43 bits per heavy atom. The molecule has 1 rings (SSSR count). The number of aryl methyl sites for hydroxylation is 1. The van der Waals surface area contributed by atoms with Crippen molar-refractivity contribution >= 4 is 11.7 Å². The van der Waals surface area contributed by atoms with Crippen LogP contribution >= 0.6 is 0 Å². The van der Waals surface area contributed by atoms with E-state index in [1.807, 2.05) is 39.0 Å². The number of carbonyl (C=O) groups excluding carboxylic acids is 1. The number of amidine groups is 1. The van der Waals surface area contributed by atoms with Crippen molar-refractivity contribution in [3.63, 3.8) is 0 Å².